The van der Waals surface area contributed by atoms with Crippen LogP contribution in [-0.2, 0) is 10.4 Å². The van der Waals surface area contributed by atoms with Gasteiger partial charge in [-0.05, 0) is 30.0 Å². The van der Waals surface area contributed by atoms with Gasteiger partial charge in [0.15, 0.2) is 6.10 Å². The molecule has 0 bridgehead atoms. The molecule has 80 valence electrons. The van der Waals surface area contributed by atoms with Gasteiger partial charge in [-0.15, -0.1) is 0 Å². The van der Waals surface area contributed by atoms with Crippen molar-refractivity contribution in [1.82, 2.24) is 0 Å². The summed E-state index contributed by atoms with van der Waals surface area (Å²) >= 11 is 0. The zero-order valence-corrected chi connectivity index (χ0v) is 8.05. The Labute approximate surface area is 86.8 Å². The lowest BCUT2D eigenvalue weighted by Gasteiger charge is -2.11. The van der Waals surface area contributed by atoms with Crippen LogP contribution in [0.15, 0.2) is 24.3 Å². The highest BCUT2D eigenvalue weighted by Crippen LogP contribution is 2.45. The Morgan fingerprint density at radius 3 is 2.60 bits per heavy atom. The zero-order chi connectivity index (χ0) is 11.1. The fraction of sp³-hybridized carbons (Fsp3) is 0.364. The Hall–Kier alpha value is -1.39. The molecule has 0 radical (unpaired) electrons. The van der Waals surface area contributed by atoms with Crippen molar-refractivity contribution in [2.45, 2.75) is 24.5 Å². The third-order valence-corrected chi connectivity index (χ3v) is 2.70. The van der Waals surface area contributed by atoms with Crippen LogP contribution in [0.4, 0.5) is 0 Å². The molecule has 1 aliphatic rings. The normalized spacial score (nSPS) is 19.6. The summed E-state index contributed by atoms with van der Waals surface area (Å²) in [5, 5.41) is 27.8. The van der Waals surface area contributed by atoms with Crippen molar-refractivity contribution in [2.24, 2.45) is 0 Å². The zero-order valence-electron chi connectivity index (χ0n) is 8.05. The second kappa shape index (κ2) is 3.32. The number of carboxylic acids is 1. The highest BCUT2D eigenvalue weighted by molar-refractivity contribution is 5.74. The maximum Gasteiger partial charge on any atom is 0.337 e. The molecule has 0 spiro atoms. The first-order valence-corrected chi connectivity index (χ1v) is 4.77. The van der Waals surface area contributed by atoms with Crippen LogP contribution in [0.25, 0.3) is 0 Å². The number of aliphatic hydroxyl groups excluding tert-OH is 1. The molecular weight excluding hydrogens is 196 g/mol. The standard InChI is InChI=1S/C11H12O4/c12-9(10(13)14)7-2-1-3-8(6-7)11(15)4-5-11/h1-3,6,9,12,15H,4-5H2,(H,13,14). The van der Waals surface area contributed by atoms with Crippen LogP contribution in [0.2, 0.25) is 0 Å². The fourth-order valence-electron chi connectivity index (χ4n) is 1.55. The van der Waals surface area contributed by atoms with Crippen molar-refractivity contribution in [1.29, 1.82) is 0 Å². The third-order valence-electron chi connectivity index (χ3n) is 2.70. The number of aliphatic carboxylic acids is 1. The summed E-state index contributed by atoms with van der Waals surface area (Å²) in [6.07, 6.45) is -0.133. The minimum atomic E-state index is -1.52. The van der Waals surface area contributed by atoms with Crippen molar-refractivity contribution in [3.63, 3.8) is 0 Å². The van der Waals surface area contributed by atoms with Gasteiger partial charge >= 0.3 is 5.97 Å². The van der Waals surface area contributed by atoms with E-state index in [1.165, 1.54) is 6.07 Å². The van der Waals surface area contributed by atoms with Gasteiger partial charge in [0.2, 0.25) is 0 Å². The average molecular weight is 208 g/mol. The van der Waals surface area contributed by atoms with E-state index in [2.05, 4.69) is 0 Å². The van der Waals surface area contributed by atoms with Crippen molar-refractivity contribution >= 4 is 5.97 Å². The van der Waals surface area contributed by atoms with Crippen LogP contribution >= 0.6 is 0 Å². The monoisotopic (exact) mass is 208 g/mol. The first kappa shape index (κ1) is 10.1. The summed E-state index contributed by atoms with van der Waals surface area (Å²) in [4.78, 5) is 10.6. The molecule has 1 fully saturated rings. The van der Waals surface area contributed by atoms with E-state index in [9.17, 15) is 15.0 Å². The van der Waals surface area contributed by atoms with E-state index in [4.69, 9.17) is 5.11 Å². The van der Waals surface area contributed by atoms with Gasteiger partial charge in [0.05, 0.1) is 5.60 Å². The first-order valence-electron chi connectivity index (χ1n) is 4.77. The van der Waals surface area contributed by atoms with Crippen molar-refractivity contribution < 1.29 is 20.1 Å². The molecule has 1 aromatic carbocycles. The number of aliphatic hydroxyl groups is 2. The van der Waals surface area contributed by atoms with Gasteiger partial charge in [0.1, 0.15) is 0 Å². The number of carboxylic acid groups (broad SMARTS) is 1. The van der Waals surface area contributed by atoms with Crippen molar-refractivity contribution in [3.05, 3.63) is 35.4 Å². The largest absolute Gasteiger partial charge is 0.479 e. The molecule has 0 heterocycles. The molecule has 0 aromatic heterocycles. The van der Waals surface area contributed by atoms with Crippen LogP contribution in [0.5, 0.6) is 0 Å². The second-order valence-electron chi connectivity index (χ2n) is 3.90. The van der Waals surface area contributed by atoms with E-state index < -0.39 is 17.7 Å². The maximum atomic E-state index is 10.6. The number of rotatable bonds is 3. The quantitative estimate of drug-likeness (QED) is 0.686. The number of hydrogen-bond donors (Lipinski definition) is 3. The summed E-state index contributed by atoms with van der Waals surface area (Å²) < 4.78 is 0. The van der Waals surface area contributed by atoms with Gasteiger partial charge in [-0.25, -0.2) is 4.79 Å². The number of carbonyl (C=O) groups is 1. The summed E-state index contributed by atoms with van der Waals surface area (Å²) in [7, 11) is 0. The Kier molecular flexibility index (Phi) is 2.25. The molecule has 2 rings (SSSR count). The smallest absolute Gasteiger partial charge is 0.337 e. The molecule has 15 heavy (non-hydrogen) atoms. The predicted molar refractivity (Wildman–Crippen MR) is 52.2 cm³/mol. The Morgan fingerprint density at radius 1 is 1.40 bits per heavy atom. The van der Waals surface area contributed by atoms with Gasteiger partial charge in [0, 0.05) is 0 Å². The van der Waals surface area contributed by atoms with Crippen LogP contribution in [0.3, 0.4) is 0 Å². The Morgan fingerprint density at radius 2 is 2.07 bits per heavy atom. The second-order valence-corrected chi connectivity index (χ2v) is 3.90. The lowest BCUT2D eigenvalue weighted by atomic mass is 10.0. The van der Waals surface area contributed by atoms with E-state index in [1.54, 1.807) is 18.2 Å². The van der Waals surface area contributed by atoms with Gasteiger partial charge in [-0.2, -0.15) is 0 Å². The number of benzene rings is 1. The minimum absolute atomic E-state index is 0.306. The maximum absolute atomic E-state index is 10.6. The van der Waals surface area contributed by atoms with Crippen LogP contribution in [0.1, 0.15) is 30.1 Å². The Balaban J connectivity index is 2.30. The molecule has 1 aliphatic carbocycles. The Bertz CT molecular complexity index is 395. The van der Waals surface area contributed by atoms with Crippen LogP contribution < -0.4 is 0 Å². The number of hydrogen-bond acceptors (Lipinski definition) is 3. The lowest BCUT2D eigenvalue weighted by molar-refractivity contribution is -0.146. The molecule has 4 heteroatoms. The summed E-state index contributed by atoms with van der Waals surface area (Å²) in [6, 6.07) is 6.47. The third kappa shape index (κ3) is 1.86. The van der Waals surface area contributed by atoms with E-state index in [0.717, 1.165) is 0 Å². The van der Waals surface area contributed by atoms with E-state index in [-0.39, 0.29) is 0 Å². The molecule has 0 aliphatic heterocycles. The highest BCUT2D eigenvalue weighted by atomic mass is 16.4. The molecule has 1 saturated carbocycles. The first-order chi connectivity index (χ1) is 7.03. The molecule has 4 nitrogen and oxygen atoms in total. The highest BCUT2D eigenvalue weighted by Gasteiger charge is 2.42. The van der Waals surface area contributed by atoms with E-state index >= 15 is 0 Å². The lowest BCUT2D eigenvalue weighted by Crippen LogP contribution is -2.12. The van der Waals surface area contributed by atoms with Crippen molar-refractivity contribution in [2.75, 3.05) is 0 Å². The molecule has 1 atom stereocenters. The van der Waals surface area contributed by atoms with Crippen LogP contribution in [-0.4, -0.2) is 21.3 Å². The summed E-state index contributed by atoms with van der Waals surface area (Å²) in [5.41, 5.74) is 0.189. The van der Waals surface area contributed by atoms with Gasteiger partial charge in [-0.1, -0.05) is 18.2 Å². The fourth-order valence-corrected chi connectivity index (χ4v) is 1.55. The predicted octanol–water partition coefficient (Wildman–Crippen LogP) is 0.786. The summed E-state index contributed by atoms with van der Waals surface area (Å²) in [6.45, 7) is 0. The summed E-state index contributed by atoms with van der Waals surface area (Å²) in [5.74, 6) is -1.28. The van der Waals surface area contributed by atoms with E-state index in [0.29, 0.717) is 24.0 Å². The SMILES string of the molecule is O=C(O)C(O)c1cccc(C2(O)CC2)c1. The minimum Gasteiger partial charge on any atom is -0.479 e. The molecule has 1 aromatic rings. The average Bonchev–Trinajstić information content (AvgIpc) is 2.97. The van der Waals surface area contributed by atoms with Gasteiger partial charge in [-0.3, -0.25) is 0 Å². The molecule has 1 unspecified atom stereocenters. The van der Waals surface area contributed by atoms with Crippen molar-refractivity contribution in [3.8, 4) is 0 Å². The molecule has 0 saturated heterocycles. The molecule has 0 amide bonds. The van der Waals surface area contributed by atoms with Gasteiger partial charge < -0.3 is 15.3 Å². The molecular formula is C11H12O4. The van der Waals surface area contributed by atoms with Crippen LogP contribution in [0, 0.1) is 0 Å². The topological polar surface area (TPSA) is 77.8 Å². The molecule has 3 N–H and O–H groups in total. The van der Waals surface area contributed by atoms with E-state index in [1.807, 2.05) is 0 Å². The van der Waals surface area contributed by atoms with Gasteiger partial charge in [0.25, 0.3) is 0 Å².